The van der Waals surface area contributed by atoms with E-state index in [0.717, 1.165) is 29.1 Å². The highest BCUT2D eigenvalue weighted by Gasteiger charge is 2.30. The quantitative estimate of drug-likeness (QED) is 0.926. The van der Waals surface area contributed by atoms with Gasteiger partial charge in [-0.2, -0.15) is 5.10 Å². The van der Waals surface area contributed by atoms with Crippen LogP contribution in [0.1, 0.15) is 29.8 Å². The number of para-hydroxylation sites is 1. The summed E-state index contributed by atoms with van der Waals surface area (Å²) in [5.74, 6) is 0.946. The average Bonchev–Trinajstić information content (AvgIpc) is 3.03. The summed E-state index contributed by atoms with van der Waals surface area (Å²) in [5, 5.41) is 15.0. The van der Waals surface area contributed by atoms with Crippen LogP contribution in [0.5, 0.6) is 5.75 Å². The fourth-order valence-corrected chi connectivity index (χ4v) is 2.80. The van der Waals surface area contributed by atoms with Crippen LogP contribution >= 0.6 is 0 Å². The van der Waals surface area contributed by atoms with Gasteiger partial charge in [0.05, 0.1) is 18.4 Å². The summed E-state index contributed by atoms with van der Waals surface area (Å²) >= 11 is 0. The molecule has 2 heterocycles. The van der Waals surface area contributed by atoms with Crippen LogP contribution in [0.3, 0.4) is 0 Å². The molecule has 2 atom stereocenters. The van der Waals surface area contributed by atoms with E-state index in [1.807, 2.05) is 36.0 Å². The molecule has 1 aromatic carbocycles. The molecule has 0 spiro atoms. The lowest BCUT2D eigenvalue weighted by molar-refractivity contribution is 0.127. The number of aryl methyl sites for hydroxylation is 2. The van der Waals surface area contributed by atoms with Crippen molar-refractivity contribution in [1.82, 2.24) is 9.78 Å². The molecule has 3 rings (SSSR count). The van der Waals surface area contributed by atoms with Crippen LogP contribution in [-0.4, -0.2) is 27.6 Å². The Bertz CT molecular complexity index is 606. The van der Waals surface area contributed by atoms with E-state index in [9.17, 15) is 5.11 Å². The molecule has 20 heavy (non-hydrogen) atoms. The third-order valence-electron chi connectivity index (χ3n) is 4.01. The van der Waals surface area contributed by atoms with Crippen molar-refractivity contribution in [2.24, 2.45) is 7.05 Å². The van der Waals surface area contributed by atoms with Crippen LogP contribution < -0.4 is 4.74 Å². The first-order valence-electron chi connectivity index (χ1n) is 7.10. The first-order valence-corrected chi connectivity index (χ1v) is 7.10. The maximum atomic E-state index is 10.5. The number of aliphatic hydroxyl groups is 1. The van der Waals surface area contributed by atoms with Gasteiger partial charge < -0.3 is 9.84 Å². The summed E-state index contributed by atoms with van der Waals surface area (Å²) in [4.78, 5) is 0. The van der Waals surface area contributed by atoms with Crippen molar-refractivity contribution in [3.8, 4) is 5.75 Å². The molecule has 0 saturated heterocycles. The van der Waals surface area contributed by atoms with Gasteiger partial charge in [0.2, 0.25) is 0 Å². The van der Waals surface area contributed by atoms with Gasteiger partial charge in [-0.1, -0.05) is 25.1 Å². The van der Waals surface area contributed by atoms with E-state index in [4.69, 9.17) is 4.74 Å². The molecule has 2 aromatic rings. The molecule has 4 heteroatoms. The first-order chi connectivity index (χ1) is 9.69. The Balaban J connectivity index is 1.77. The molecule has 2 unspecified atom stereocenters. The molecule has 106 valence electrons. The summed E-state index contributed by atoms with van der Waals surface area (Å²) in [7, 11) is 1.93. The third-order valence-corrected chi connectivity index (χ3v) is 4.01. The largest absolute Gasteiger partial charge is 0.493 e. The van der Waals surface area contributed by atoms with Crippen molar-refractivity contribution in [3.63, 3.8) is 0 Å². The Hall–Kier alpha value is -1.81. The number of benzene rings is 1. The van der Waals surface area contributed by atoms with Gasteiger partial charge >= 0.3 is 0 Å². The van der Waals surface area contributed by atoms with E-state index in [1.54, 1.807) is 0 Å². The molecular weight excluding hydrogens is 252 g/mol. The molecule has 0 aliphatic carbocycles. The monoisotopic (exact) mass is 272 g/mol. The van der Waals surface area contributed by atoms with Gasteiger partial charge in [0, 0.05) is 30.6 Å². The van der Waals surface area contributed by atoms with Crippen molar-refractivity contribution in [2.75, 3.05) is 6.61 Å². The number of aliphatic hydroxyl groups excluding tert-OH is 1. The fourth-order valence-electron chi connectivity index (χ4n) is 2.80. The van der Waals surface area contributed by atoms with E-state index in [-0.39, 0.29) is 5.92 Å². The summed E-state index contributed by atoms with van der Waals surface area (Å²) < 4.78 is 7.51. The van der Waals surface area contributed by atoms with E-state index >= 15 is 0 Å². The fraction of sp³-hybridized carbons (Fsp3) is 0.438. The number of hydrogen-bond acceptors (Lipinski definition) is 3. The molecule has 0 bridgehead atoms. The Kier molecular flexibility index (Phi) is 3.49. The van der Waals surface area contributed by atoms with Crippen LogP contribution in [-0.2, 0) is 19.9 Å². The van der Waals surface area contributed by atoms with Gasteiger partial charge in [-0.25, -0.2) is 0 Å². The van der Waals surface area contributed by atoms with Crippen LogP contribution in [0.4, 0.5) is 0 Å². The Morgan fingerprint density at radius 1 is 1.45 bits per heavy atom. The lowest BCUT2D eigenvalue weighted by atomic mass is 9.92. The van der Waals surface area contributed by atoms with Gasteiger partial charge in [0.25, 0.3) is 0 Å². The second-order valence-corrected chi connectivity index (χ2v) is 5.33. The minimum atomic E-state index is -0.446. The number of ether oxygens (including phenoxy) is 1. The highest BCUT2D eigenvalue weighted by molar-refractivity contribution is 5.40. The molecule has 0 radical (unpaired) electrons. The molecule has 0 fully saturated rings. The number of aromatic nitrogens is 2. The zero-order chi connectivity index (χ0) is 14.1. The Morgan fingerprint density at radius 2 is 2.25 bits per heavy atom. The van der Waals surface area contributed by atoms with E-state index in [2.05, 4.69) is 18.1 Å². The maximum absolute atomic E-state index is 10.5. The minimum Gasteiger partial charge on any atom is -0.493 e. The van der Waals surface area contributed by atoms with Gasteiger partial charge in [0.15, 0.2) is 0 Å². The minimum absolute atomic E-state index is 0.0474. The lowest BCUT2D eigenvalue weighted by Crippen LogP contribution is -2.23. The molecule has 0 saturated carbocycles. The number of nitrogens with zero attached hydrogens (tertiary/aromatic N) is 2. The smallest absolute Gasteiger partial charge is 0.123 e. The summed E-state index contributed by atoms with van der Waals surface area (Å²) in [6.45, 7) is 2.64. The number of rotatable bonds is 4. The first kappa shape index (κ1) is 13.2. The Labute approximate surface area is 119 Å². The highest BCUT2D eigenvalue weighted by Crippen LogP contribution is 2.36. The number of hydrogen-bond donors (Lipinski definition) is 1. The highest BCUT2D eigenvalue weighted by atomic mass is 16.5. The molecule has 1 aliphatic heterocycles. The van der Waals surface area contributed by atoms with Gasteiger partial charge in [-0.3, -0.25) is 4.68 Å². The van der Waals surface area contributed by atoms with Crippen molar-refractivity contribution in [1.29, 1.82) is 0 Å². The van der Waals surface area contributed by atoms with Crippen molar-refractivity contribution >= 4 is 0 Å². The zero-order valence-electron chi connectivity index (χ0n) is 11.9. The summed E-state index contributed by atoms with van der Waals surface area (Å²) in [6, 6.07) is 10.0. The second kappa shape index (κ2) is 5.29. The standard InChI is InChI=1S/C16H20N2O2/c1-3-11-8-12(18(2)17-11)9-15(19)14-10-20-16-7-5-4-6-13(14)16/h4-8,14-15,19H,3,9-10H2,1-2H3. The van der Waals surface area contributed by atoms with Gasteiger partial charge in [-0.15, -0.1) is 0 Å². The predicted octanol–water partition coefficient (Wildman–Crippen LogP) is 2.06. The van der Waals surface area contributed by atoms with Crippen molar-refractivity contribution < 1.29 is 9.84 Å². The average molecular weight is 272 g/mol. The zero-order valence-corrected chi connectivity index (χ0v) is 11.9. The van der Waals surface area contributed by atoms with Crippen molar-refractivity contribution in [2.45, 2.75) is 31.8 Å². The molecule has 4 nitrogen and oxygen atoms in total. The third kappa shape index (κ3) is 2.31. The lowest BCUT2D eigenvalue weighted by Gasteiger charge is -2.17. The van der Waals surface area contributed by atoms with E-state index in [0.29, 0.717) is 13.0 Å². The Morgan fingerprint density at radius 3 is 3.00 bits per heavy atom. The molecule has 1 aromatic heterocycles. The van der Waals surface area contributed by atoms with E-state index < -0.39 is 6.10 Å². The van der Waals surface area contributed by atoms with Crippen LogP contribution in [0.25, 0.3) is 0 Å². The topological polar surface area (TPSA) is 47.3 Å². The van der Waals surface area contributed by atoms with Crippen LogP contribution in [0.15, 0.2) is 30.3 Å². The summed E-state index contributed by atoms with van der Waals surface area (Å²) in [6.07, 6.45) is 1.07. The summed E-state index contributed by atoms with van der Waals surface area (Å²) in [5.41, 5.74) is 3.24. The van der Waals surface area contributed by atoms with E-state index in [1.165, 1.54) is 0 Å². The van der Waals surface area contributed by atoms with Crippen LogP contribution in [0, 0.1) is 0 Å². The normalized spacial score (nSPS) is 18.6. The van der Waals surface area contributed by atoms with Crippen molar-refractivity contribution in [3.05, 3.63) is 47.3 Å². The predicted molar refractivity (Wildman–Crippen MR) is 77.0 cm³/mol. The molecule has 0 amide bonds. The van der Waals surface area contributed by atoms with Gasteiger partial charge in [-0.05, 0) is 18.6 Å². The van der Waals surface area contributed by atoms with Gasteiger partial charge in [0.1, 0.15) is 5.75 Å². The SMILES string of the molecule is CCc1cc(CC(O)C2COc3ccccc32)n(C)n1. The molecule has 1 N–H and O–H groups in total. The van der Waals surface area contributed by atoms with Crippen LogP contribution in [0.2, 0.25) is 0 Å². The second-order valence-electron chi connectivity index (χ2n) is 5.33. The number of fused-ring (bicyclic) bond motifs is 1. The molecule has 1 aliphatic rings. The maximum Gasteiger partial charge on any atom is 0.123 e. The molecular formula is C16H20N2O2.